The van der Waals surface area contributed by atoms with Crippen molar-refractivity contribution < 1.29 is 14.3 Å². The van der Waals surface area contributed by atoms with Crippen molar-refractivity contribution in [3.8, 4) is 17.0 Å². The second-order valence-electron chi connectivity index (χ2n) is 4.06. The highest BCUT2D eigenvalue weighted by atomic mass is 32.1. The van der Waals surface area contributed by atoms with E-state index in [0.717, 1.165) is 16.3 Å². The van der Waals surface area contributed by atoms with E-state index in [9.17, 15) is 4.79 Å². The fourth-order valence-electron chi connectivity index (χ4n) is 1.89. The summed E-state index contributed by atoms with van der Waals surface area (Å²) in [6.07, 6.45) is 0. The third-order valence-corrected chi connectivity index (χ3v) is 3.59. The van der Waals surface area contributed by atoms with Crippen LogP contribution in [0.3, 0.4) is 0 Å². The van der Waals surface area contributed by atoms with E-state index in [-0.39, 0.29) is 5.97 Å². The van der Waals surface area contributed by atoms with Crippen LogP contribution >= 0.6 is 11.3 Å². The van der Waals surface area contributed by atoms with E-state index >= 15 is 0 Å². The number of rotatable bonds is 5. The van der Waals surface area contributed by atoms with E-state index in [1.807, 2.05) is 38.1 Å². The summed E-state index contributed by atoms with van der Waals surface area (Å²) < 4.78 is 10.7. The average Bonchev–Trinajstić information content (AvgIpc) is 2.82. The predicted octanol–water partition coefficient (Wildman–Crippen LogP) is 3.69. The zero-order valence-corrected chi connectivity index (χ0v) is 12.6. The summed E-state index contributed by atoms with van der Waals surface area (Å²) in [4.78, 5) is 17.0. The Labute approximate surface area is 122 Å². The number of ether oxygens (including phenoxy) is 2. The zero-order valence-electron chi connectivity index (χ0n) is 11.8. The largest absolute Gasteiger partial charge is 0.493 e. The van der Waals surface area contributed by atoms with E-state index in [1.165, 1.54) is 11.3 Å². The standard InChI is InChI=1S/C15H17NO3S/c1-4-18-12-9-7-6-8-11(12)13-14(15(17)19-5-2)20-10(3)16-13/h6-9H,4-5H2,1-3H3. The molecule has 0 N–H and O–H groups in total. The summed E-state index contributed by atoms with van der Waals surface area (Å²) in [6, 6.07) is 7.59. The lowest BCUT2D eigenvalue weighted by Crippen LogP contribution is -2.04. The lowest BCUT2D eigenvalue weighted by atomic mass is 10.1. The lowest BCUT2D eigenvalue weighted by molar-refractivity contribution is 0.0532. The summed E-state index contributed by atoms with van der Waals surface area (Å²) in [7, 11) is 0. The predicted molar refractivity (Wildman–Crippen MR) is 79.4 cm³/mol. The van der Waals surface area contributed by atoms with Gasteiger partial charge in [-0.15, -0.1) is 11.3 Å². The summed E-state index contributed by atoms with van der Waals surface area (Å²) in [6.45, 7) is 6.51. The number of benzene rings is 1. The molecule has 4 nitrogen and oxygen atoms in total. The van der Waals surface area contributed by atoms with Crippen LogP contribution in [0, 0.1) is 6.92 Å². The highest BCUT2D eigenvalue weighted by molar-refractivity contribution is 7.14. The Morgan fingerprint density at radius 3 is 2.70 bits per heavy atom. The minimum Gasteiger partial charge on any atom is -0.493 e. The molecule has 1 heterocycles. The molecule has 2 rings (SSSR count). The van der Waals surface area contributed by atoms with Gasteiger partial charge in [-0.25, -0.2) is 9.78 Å². The van der Waals surface area contributed by atoms with Gasteiger partial charge in [0.1, 0.15) is 10.6 Å². The molecule has 0 atom stereocenters. The summed E-state index contributed by atoms with van der Waals surface area (Å²) in [5.41, 5.74) is 1.46. The van der Waals surface area contributed by atoms with Gasteiger partial charge < -0.3 is 9.47 Å². The third-order valence-electron chi connectivity index (χ3n) is 2.64. The van der Waals surface area contributed by atoms with Crippen molar-refractivity contribution in [2.24, 2.45) is 0 Å². The third kappa shape index (κ3) is 2.99. The number of hydrogen-bond donors (Lipinski definition) is 0. The molecular formula is C15H17NO3S. The fraction of sp³-hybridized carbons (Fsp3) is 0.333. The van der Waals surface area contributed by atoms with Crippen LogP contribution < -0.4 is 4.74 Å². The molecule has 2 aromatic rings. The average molecular weight is 291 g/mol. The van der Waals surface area contributed by atoms with Crippen molar-refractivity contribution >= 4 is 17.3 Å². The Balaban J connectivity index is 2.50. The van der Waals surface area contributed by atoms with Crippen molar-refractivity contribution in [1.82, 2.24) is 4.98 Å². The zero-order chi connectivity index (χ0) is 14.5. The number of carbonyl (C=O) groups is 1. The van der Waals surface area contributed by atoms with E-state index in [1.54, 1.807) is 6.92 Å². The van der Waals surface area contributed by atoms with Crippen molar-refractivity contribution in [2.75, 3.05) is 13.2 Å². The van der Waals surface area contributed by atoms with E-state index in [0.29, 0.717) is 23.8 Å². The van der Waals surface area contributed by atoms with Crippen LogP contribution in [0.5, 0.6) is 5.75 Å². The van der Waals surface area contributed by atoms with Gasteiger partial charge in [-0.1, -0.05) is 12.1 Å². The first-order chi connectivity index (χ1) is 9.67. The van der Waals surface area contributed by atoms with Gasteiger partial charge in [0.2, 0.25) is 0 Å². The van der Waals surface area contributed by atoms with Crippen molar-refractivity contribution in [3.63, 3.8) is 0 Å². The molecule has 106 valence electrons. The molecule has 20 heavy (non-hydrogen) atoms. The van der Waals surface area contributed by atoms with Gasteiger partial charge in [-0.2, -0.15) is 0 Å². The van der Waals surface area contributed by atoms with E-state index < -0.39 is 0 Å². The number of para-hydroxylation sites is 1. The summed E-state index contributed by atoms with van der Waals surface area (Å²) in [5.74, 6) is 0.394. The quantitative estimate of drug-likeness (QED) is 0.788. The van der Waals surface area contributed by atoms with Gasteiger partial charge in [0.25, 0.3) is 0 Å². The SMILES string of the molecule is CCOC(=O)c1sc(C)nc1-c1ccccc1OCC. The van der Waals surface area contributed by atoms with Crippen molar-refractivity contribution in [2.45, 2.75) is 20.8 Å². The van der Waals surface area contributed by atoms with E-state index in [4.69, 9.17) is 9.47 Å². The van der Waals surface area contributed by atoms with Crippen LogP contribution in [0.1, 0.15) is 28.5 Å². The molecule has 0 fully saturated rings. The smallest absolute Gasteiger partial charge is 0.350 e. The van der Waals surface area contributed by atoms with Crippen molar-refractivity contribution in [3.05, 3.63) is 34.2 Å². The molecule has 0 saturated carbocycles. The maximum Gasteiger partial charge on any atom is 0.350 e. The highest BCUT2D eigenvalue weighted by Gasteiger charge is 2.21. The Hall–Kier alpha value is -1.88. The summed E-state index contributed by atoms with van der Waals surface area (Å²) >= 11 is 1.34. The first-order valence-electron chi connectivity index (χ1n) is 6.54. The minimum atomic E-state index is -0.334. The van der Waals surface area contributed by atoms with Gasteiger partial charge in [0, 0.05) is 5.56 Å². The highest BCUT2D eigenvalue weighted by Crippen LogP contribution is 2.34. The first-order valence-corrected chi connectivity index (χ1v) is 7.35. The van der Waals surface area contributed by atoms with Crippen LogP contribution in [0.4, 0.5) is 0 Å². The number of nitrogens with zero attached hydrogens (tertiary/aromatic N) is 1. The number of thiazole rings is 1. The Bertz CT molecular complexity index is 607. The Morgan fingerprint density at radius 2 is 2.00 bits per heavy atom. The van der Waals surface area contributed by atoms with E-state index in [2.05, 4.69) is 4.98 Å². The molecule has 0 radical (unpaired) electrons. The van der Waals surface area contributed by atoms with Crippen LogP contribution in [0.15, 0.2) is 24.3 Å². The monoisotopic (exact) mass is 291 g/mol. The molecule has 0 aliphatic rings. The number of esters is 1. The molecule has 1 aromatic heterocycles. The second kappa shape index (κ2) is 6.52. The number of hydrogen-bond acceptors (Lipinski definition) is 5. The van der Waals surface area contributed by atoms with Crippen LogP contribution in [-0.2, 0) is 4.74 Å². The lowest BCUT2D eigenvalue weighted by Gasteiger charge is -2.09. The second-order valence-corrected chi connectivity index (χ2v) is 5.26. The normalized spacial score (nSPS) is 10.3. The number of carbonyl (C=O) groups excluding carboxylic acids is 1. The minimum absolute atomic E-state index is 0.334. The Morgan fingerprint density at radius 1 is 1.25 bits per heavy atom. The molecule has 1 aromatic carbocycles. The molecule has 0 bridgehead atoms. The fourth-order valence-corrected chi connectivity index (χ4v) is 2.72. The molecule has 0 amide bonds. The van der Waals surface area contributed by atoms with Gasteiger partial charge in [0.15, 0.2) is 0 Å². The van der Waals surface area contributed by atoms with Crippen LogP contribution in [0.2, 0.25) is 0 Å². The molecule has 0 unspecified atom stereocenters. The maximum atomic E-state index is 12.0. The van der Waals surface area contributed by atoms with Crippen molar-refractivity contribution in [1.29, 1.82) is 0 Å². The molecule has 0 aliphatic heterocycles. The molecular weight excluding hydrogens is 274 g/mol. The Kier molecular flexibility index (Phi) is 4.74. The van der Waals surface area contributed by atoms with Crippen LogP contribution in [-0.4, -0.2) is 24.2 Å². The molecule has 0 spiro atoms. The maximum absolute atomic E-state index is 12.0. The van der Waals surface area contributed by atoms with Gasteiger partial charge in [-0.05, 0) is 32.9 Å². The van der Waals surface area contributed by atoms with Gasteiger partial charge in [-0.3, -0.25) is 0 Å². The summed E-state index contributed by atoms with van der Waals surface area (Å²) in [5, 5.41) is 0.828. The van der Waals surface area contributed by atoms with Gasteiger partial charge >= 0.3 is 5.97 Å². The topological polar surface area (TPSA) is 48.4 Å². The van der Waals surface area contributed by atoms with Gasteiger partial charge in [0.05, 0.1) is 23.9 Å². The molecule has 5 heteroatoms. The van der Waals surface area contributed by atoms with Crippen LogP contribution in [0.25, 0.3) is 11.3 Å². The number of aromatic nitrogens is 1. The molecule has 0 aliphatic carbocycles. The number of aryl methyl sites for hydroxylation is 1. The first kappa shape index (κ1) is 14.5. The molecule has 0 saturated heterocycles.